The van der Waals surface area contributed by atoms with Gasteiger partial charge in [0.15, 0.2) is 0 Å². The van der Waals surface area contributed by atoms with Crippen LogP contribution in [0.15, 0.2) is 30.3 Å². The minimum atomic E-state index is -5.10. The summed E-state index contributed by atoms with van der Waals surface area (Å²) in [6, 6.07) is 7.02. The number of alkyl halides is 3. The second kappa shape index (κ2) is 9.64. The van der Waals surface area contributed by atoms with Gasteiger partial charge in [0.05, 0.1) is 6.61 Å². The summed E-state index contributed by atoms with van der Waals surface area (Å²) in [5, 5.41) is 2.00. The summed E-state index contributed by atoms with van der Waals surface area (Å²) in [6.45, 7) is 0.930. The van der Waals surface area contributed by atoms with E-state index in [0.29, 0.717) is 5.56 Å². The quantitative estimate of drug-likeness (QED) is 0.583. The van der Waals surface area contributed by atoms with Crippen molar-refractivity contribution in [3.63, 3.8) is 0 Å². The predicted octanol–water partition coefficient (Wildman–Crippen LogP) is 2.21. The van der Waals surface area contributed by atoms with Crippen molar-refractivity contribution in [2.75, 3.05) is 13.2 Å². The van der Waals surface area contributed by atoms with Crippen molar-refractivity contribution >= 4 is 18.0 Å². The van der Waals surface area contributed by atoms with Gasteiger partial charge in [0.1, 0.15) is 19.2 Å². The molecule has 0 fully saturated rings. The minimum Gasteiger partial charge on any atom is -0.465 e. The Balaban J connectivity index is 2.63. The fraction of sp³-hybridized carbons (Fsp3) is 0.438. The molecule has 0 radical (unpaired) electrons. The average Bonchev–Trinajstić information content (AvgIpc) is 2.57. The van der Waals surface area contributed by atoms with E-state index in [1.54, 1.807) is 30.3 Å². The van der Waals surface area contributed by atoms with Gasteiger partial charge in [-0.25, -0.2) is 9.69 Å². The van der Waals surface area contributed by atoms with E-state index in [-0.39, 0.29) is 13.2 Å². The number of alkyl carbamates (subject to hydrolysis) is 1. The van der Waals surface area contributed by atoms with E-state index in [1.807, 2.05) is 5.32 Å². The normalized spacial score (nSPS) is 12.0. The number of hydrogen-bond acceptors (Lipinski definition) is 5. The Labute approximate surface area is 148 Å². The van der Waals surface area contributed by atoms with Crippen molar-refractivity contribution in [2.45, 2.75) is 32.8 Å². The van der Waals surface area contributed by atoms with Crippen molar-refractivity contribution in [1.29, 1.82) is 0 Å². The molecule has 1 aromatic rings. The van der Waals surface area contributed by atoms with Crippen LogP contribution in [0.2, 0.25) is 0 Å². The lowest BCUT2D eigenvalue weighted by molar-refractivity contribution is -0.242. The molecule has 1 atom stereocenters. The fourth-order valence-corrected chi connectivity index (χ4v) is 1.87. The maximum Gasteiger partial charge on any atom is 0.487 e. The first-order valence-corrected chi connectivity index (χ1v) is 7.66. The van der Waals surface area contributed by atoms with E-state index in [4.69, 9.17) is 4.74 Å². The van der Waals surface area contributed by atoms with Gasteiger partial charge in [-0.3, -0.25) is 9.59 Å². The number of halogens is 3. The number of benzene rings is 1. The van der Waals surface area contributed by atoms with Gasteiger partial charge < -0.3 is 14.8 Å². The molecule has 0 aromatic heterocycles. The van der Waals surface area contributed by atoms with Gasteiger partial charge in [0.2, 0.25) is 0 Å². The molecule has 0 bridgehead atoms. The van der Waals surface area contributed by atoms with Crippen LogP contribution in [0.25, 0.3) is 0 Å². The highest BCUT2D eigenvalue weighted by Crippen LogP contribution is 2.22. The molecule has 0 spiro atoms. The molecular formula is C16H19F3N2O5. The lowest BCUT2D eigenvalue weighted by Gasteiger charge is -2.26. The highest BCUT2D eigenvalue weighted by Gasteiger charge is 2.44. The zero-order chi connectivity index (χ0) is 19.7. The number of nitrogens with one attached hydrogen (secondary N) is 1. The Morgan fingerprint density at radius 2 is 1.77 bits per heavy atom. The van der Waals surface area contributed by atoms with Crippen molar-refractivity contribution in [3.8, 4) is 0 Å². The summed E-state index contributed by atoms with van der Waals surface area (Å²) in [5.74, 6) is -2.72. The number of esters is 1. The highest BCUT2D eigenvalue weighted by atomic mass is 19.4. The summed E-state index contributed by atoms with van der Waals surface area (Å²) in [6.07, 6.45) is -6.17. The fourth-order valence-electron chi connectivity index (χ4n) is 1.87. The molecule has 10 heteroatoms. The molecule has 0 unspecified atom stereocenters. The standard InChI is InChI=1S/C16H19F3N2O5/c1-3-25-13(22)9-21(16(17,18)19)14(23)11(2)20-15(24)26-10-12-7-5-4-6-8-12/h4-8,11H,3,9-10H2,1-2H3,(H,20,24)/t11-/m0/s1. The number of hydrogen-bond donors (Lipinski definition) is 1. The summed E-state index contributed by atoms with van der Waals surface area (Å²) < 4.78 is 48.2. The molecule has 0 heterocycles. The third kappa shape index (κ3) is 6.99. The Bertz CT molecular complexity index is 622. The lowest BCUT2D eigenvalue weighted by atomic mass is 10.2. The maximum absolute atomic E-state index is 13.0. The molecule has 1 aromatic carbocycles. The topological polar surface area (TPSA) is 84.9 Å². The van der Waals surface area contributed by atoms with Crippen molar-refractivity contribution < 1.29 is 37.0 Å². The number of amides is 2. The van der Waals surface area contributed by atoms with Crippen LogP contribution in [-0.2, 0) is 25.7 Å². The Kier molecular flexibility index (Phi) is 7.88. The number of rotatable bonds is 7. The molecule has 0 aliphatic heterocycles. The first-order valence-electron chi connectivity index (χ1n) is 7.66. The first-order chi connectivity index (χ1) is 12.1. The van der Waals surface area contributed by atoms with E-state index in [1.165, 1.54) is 6.92 Å². The van der Waals surface area contributed by atoms with Crippen molar-refractivity contribution in [2.24, 2.45) is 0 Å². The van der Waals surface area contributed by atoms with Crippen LogP contribution in [0.4, 0.5) is 18.0 Å². The second-order valence-corrected chi connectivity index (χ2v) is 5.12. The third-order valence-corrected chi connectivity index (χ3v) is 3.08. The molecular weight excluding hydrogens is 357 g/mol. The van der Waals surface area contributed by atoms with Gasteiger partial charge in [0, 0.05) is 0 Å². The van der Waals surface area contributed by atoms with E-state index in [0.717, 1.165) is 6.92 Å². The van der Waals surface area contributed by atoms with Gasteiger partial charge in [-0.2, -0.15) is 0 Å². The largest absolute Gasteiger partial charge is 0.487 e. The zero-order valence-electron chi connectivity index (χ0n) is 14.2. The number of ether oxygens (including phenoxy) is 2. The van der Waals surface area contributed by atoms with Crippen LogP contribution in [0.1, 0.15) is 19.4 Å². The molecule has 0 aliphatic rings. The van der Waals surface area contributed by atoms with E-state index in [9.17, 15) is 27.6 Å². The molecule has 0 aliphatic carbocycles. The predicted molar refractivity (Wildman–Crippen MR) is 83.6 cm³/mol. The van der Waals surface area contributed by atoms with Gasteiger partial charge in [-0.05, 0) is 19.4 Å². The molecule has 144 valence electrons. The van der Waals surface area contributed by atoms with Crippen molar-refractivity contribution in [3.05, 3.63) is 35.9 Å². The molecule has 7 nitrogen and oxygen atoms in total. The van der Waals surface area contributed by atoms with Crippen LogP contribution in [0.3, 0.4) is 0 Å². The monoisotopic (exact) mass is 376 g/mol. The summed E-state index contributed by atoms with van der Waals surface area (Å²) >= 11 is 0. The lowest BCUT2D eigenvalue weighted by Crippen LogP contribution is -2.54. The third-order valence-electron chi connectivity index (χ3n) is 3.08. The molecule has 2 amide bonds. The molecule has 0 saturated carbocycles. The zero-order valence-corrected chi connectivity index (χ0v) is 14.2. The maximum atomic E-state index is 13.0. The highest BCUT2D eigenvalue weighted by molar-refractivity contribution is 5.88. The Hall–Kier alpha value is -2.78. The second-order valence-electron chi connectivity index (χ2n) is 5.12. The van der Waals surface area contributed by atoms with Gasteiger partial charge >= 0.3 is 18.4 Å². The number of nitrogens with zero attached hydrogens (tertiary/aromatic N) is 1. The SMILES string of the molecule is CCOC(=O)CN(C(=O)[C@H](C)NC(=O)OCc1ccccc1)C(F)(F)F. The van der Waals surface area contributed by atoms with Crippen LogP contribution in [0, 0.1) is 0 Å². The molecule has 0 saturated heterocycles. The number of carbonyl (C=O) groups is 3. The molecule has 1 rings (SSSR count). The summed E-state index contributed by atoms with van der Waals surface area (Å²) in [4.78, 5) is 34.3. The Morgan fingerprint density at radius 3 is 2.31 bits per heavy atom. The number of carbonyl (C=O) groups excluding carboxylic acids is 3. The van der Waals surface area contributed by atoms with Crippen LogP contribution in [0.5, 0.6) is 0 Å². The van der Waals surface area contributed by atoms with Crippen molar-refractivity contribution in [1.82, 2.24) is 10.2 Å². The summed E-state index contributed by atoms with van der Waals surface area (Å²) in [7, 11) is 0. The van der Waals surface area contributed by atoms with Gasteiger partial charge in [-0.1, -0.05) is 30.3 Å². The summed E-state index contributed by atoms with van der Waals surface area (Å²) in [5.41, 5.74) is 0.667. The van der Waals surface area contributed by atoms with Gasteiger partial charge in [0.25, 0.3) is 5.91 Å². The van der Waals surface area contributed by atoms with E-state index >= 15 is 0 Å². The average molecular weight is 376 g/mol. The smallest absolute Gasteiger partial charge is 0.465 e. The Morgan fingerprint density at radius 1 is 1.15 bits per heavy atom. The minimum absolute atomic E-state index is 0.112. The molecule has 1 N–H and O–H groups in total. The van der Waals surface area contributed by atoms with Gasteiger partial charge in [-0.15, -0.1) is 13.2 Å². The molecule has 26 heavy (non-hydrogen) atoms. The first kappa shape index (κ1) is 21.3. The van der Waals surface area contributed by atoms with E-state index in [2.05, 4.69) is 4.74 Å². The van der Waals surface area contributed by atoms with Crippen LogP contribution >= 0.6 is 0 Å². The van der Waals surface area contributed by atoms with Crippen LogP contribution in [-0.4, -0.2) is 48.4 Å². The van der Waals surface area contributed by atoms with Crippen LogP contribution < -0.4 is 5.32 Å². The van der Waals surface area contributed by atoms with E-state index < -0.39 is 41.8 Å².